The van der Waals surface area contributed by atoms with Gasteiger partial charge in [-0.2, -0.15) is 0 Å². The Morgan fingerprint density at radius 1 is 1.47 bits per heavy atom. The number of nitrogens with zero attached hydrogens (tertiary/aromatic N) is 2. The normalized spacial score (nSPS) is 25.7. The first-order chi connectivity index (χ1) is 7.43. The monoisotopic (exact) mass is 207 g/mol. The molecule has 1 saturated heterocycles. The highest BCUT2D eigenvalue weighted by molar-refractivity contribution is 5.30. The van der Waals surface area contributed by atoms with E-state index < -0.39 is 0 Å². The summed E-state index contributed by atoms with van der Waals surface area (Å²) >= 11 is 0. The smallest absolute Gasteiger partial charge is 0.297 e. The molecule has 2 fully saturated rings. The van der Waals surface area contributed by atoms with Crippen molar-refractivity contribution in [2.45, 2.75) is 25.3 Å². The summed E-state index contributed by atoms with van der Waals surface area (Å²) in [5.74, 6) is 0.762. The fourth-order valence-electron chi connectivity index (χ4n) is 2.28. The summed E-state index contributed by atoms with van der Waals surface area (Å²) in [5, 5.41) is 3.40. The second-order valence-corrected chi connectivity index (χ2v) is 4.56. The van der Waals surface area contributed by atoms with Crippen molar-refractivity contribution < 1.29 is 4.42 Å². The van der Waals surface area contributed by atoms with Gasteiger partial charge in [-0.25, -0.2) is 4.98 Å². The summed E-state index contributed by atoms with van der Waals surface area (Å²) in [6.07, 6.45) is 7.27. The Bertz CT molecular complexity index is 302. The summed E-state index contributed by atoms with van der Waals surface area (Å²) in [4.78, 5) is 6.60. The fraction of sp³-hybridized carbons (Fsp3) is 0.727. The third kappa shape index (κ3) is 2.00. The lowest BCUT2D eigenvalue weighted by molar-refractivity contribution is 0.489. The van der Waals surface area contributed by atoms with Crippen LogP contribution in [0.1, 0.15) is 19.3 Å². The van der Waals surface area contributed by atoms with Crippen LogP contribution in [-0.4, -0.2) is 30.7 Å². The lowest BCUT2D eigenvalue weighted by Gasteiger charge is -2.23. The average Bonchev–Trinajstić information content (AvgIpc) is 2.78. The van der Waals surface area contributed by atoms with Crippen molar-refractivity contribution in [3.8, 4) is 0 Å². The van der Waals surface area contributed by atoms with Crippen molar-refractivity contribution in [3.63, 3.8) is 0 Å². The first-order valence-electron chi connectivity index (χ1n) is 5.80. The summed E-state index contributed by atoms with van der Waals surface area (Å²) in [5.41, 5.74) is 0. The molecule has 2 aliphatic rings. The Morgan fingerprint density at radius 3 is 3.00 bits per heavy atom. The molecule has 1 atom stereocenters. The number of hydrogen-bond donors (Lipinski definition) is 1. The molecular weight excluding hydrogens is 190 g/mol. The molecule has 0 spiro atoms. The molecule has 1 aliphatic carbocycles. The number of anilines is 1. The molecule has 1 aliphatic heterocycles. The van der Waals surface area contributed by atoms with Gasteiger partial charge in [0.15, 0.2) is 0 Å². The van der Waals surface area contributed by atoms with E-state index in [-0.39, 0.29) is 0 Å². The third-order valence-corrected chi connectivity index (χ3v) is 3.27. The average molecular weight is 207 g/mol. The van der Waals surface area contributed by atoms with Crippen LogP contribution in [0, 0.1) is 5.92 Å². The topological polar surface area (TPSA) is 41.3 Å². The van der Waals surface area contributed by atoms with Gasteiger partial charge in [-0.3, -0.25) is 0 Å². The van der Waals surface area contributed by atoms with Crippen LogP contribution in [0.4, 0.5) is 6.01 Å². The van der Waals surface area contributed by atoms with Crippen molar-refractivity contribution in [2.75, 3.05) is 24.5 Å². The summed E-state index contributed by atoms with van der Waals surface area (Å²) < 4.78 is 5.40. The highest BCUT2D eigenvalue weighted by atomic mass is 16.4. The zero-order chi connectivity index (χ0) is 10.1. The standard InChI is InChI=1S/C11H17N3O/c1-2-10(1)14(11-13-5-6-15-11)8-9-3-4-12-7-9/h5-6,9-10,12H,1-4,7-8H2. The number of aromatic nitrogens is 1. The molecular formula is C11H17N3O. The van der Waals surface area contributed by atoms with Crippen LogP contribution in [0.25, 0.3) is 0 Å². The molecule has 4 heteroatoms. The Hall–Kier alpha value is -1.03. The maximum absolute atomic E-state index is 5.40. The van der Waals surface area contributed by atoms with E-state index in [0.717, 1.165) is 31.6 Å². The van der Waals surface area contributed by atoms with Crippen molar-refractivity contribution in [1.29, 1.82) is 0 Å². The molecule has 1 saturated carbocycles. The van der Waals surface area contributed by atoms with Gasteiger partial charge in [-0.1, -0.05) is 0 Å². The van der Waals surface area contributed by atoms with Crippen molar-refractivity contribution in [2.24, 2.45) is 5.92 Å². The molecule has 0 bridgehead atoms. The molecule has 0 amide bonds. The molecule has 1 unspecified atom stereocenters. The van der Waals surface area contributed by atoms with E-state index >= 15 is 0 Å². The molecule has 0 radical (unpaired) electrons. The van der Waals surface area contributed by atoms with Gasteiger partial charge in [-0.05, 0) is 38.3 Å². The van der Waals surface area contributed by atoms with Crippen molar-refractivity contribution in [3.05, 3.63) is 12.5 Å². The maximum atomic E-state index is 5.40. The zero-order valence-electron chi connectivity index (χ0n) is 8.85. The lowest BCUT2D eigenvalue weighted by Crippen LogP contribution is -2.32. The molecule has 2 heterocycles. The van der Waals surface area contributed by atoms with Gasteiger partial charge < -0.3 is 14.6 Å². The third-order valence-electron chi connectivity index (χ3n) is 3.27. The Labute approximate surface area is 89.7 Å². The number of hydrogen-bond acceptors (Lipinski definition) is 4. The lowest BCUT2D eigenvalue weighted by atomic mass is 10.1. The Kier molecular flexibility index (Phi) is 2.37. The summed E-state index contributed by atoms with van der Waals surface area (Å²) in [6.45, 7) is 3.40. The van der Waals surface area contributed by atoms with Gasteiger partial charge in [0.2, 0.25) is 0 Å². The van der Waals surface area contributed by atoms with Crippen LogP contribution in [0.2, 0.25) is 0 Å². The first-order valence-corrected chi connectivity index (χ1v) is 5.80. The highest BCUT2D eigenvalue weighted by Gasteiger charge is 2.33. The minimum absolute atomic E-state index is 0.684. The summed E-state index contributed by atoms with van der Waals surface area (Å²) in [6, 6.07) is 1.49. The fourth-order valence-corrected chi connectivity index (χ4v) is 2.28. The van der Waals surface area contributed by atoms with Gasteiger partial charge >= 0.3 is 0 Å². The SMILES string of the molecule is c1coc(N(CC2CCNC2)C2CC2)n1. The van der Waals surface area contributed by atoms with Crippen LogP contribution in [-0.2, 0) is 0 Å². The Morgan fingerprint density at radius 2 is 2.40 bits per heavy atom. The molecule has 3 rings (SSSR count). The molecule has 15 heavy (non-hydrogen) atoms. The van der Waals surface area contributed by atoms with E-state index in [2.05, 4.69) is 15.2 Å². The summed E-state index contributed by atoms with van der Waals surface area (Å²) in [7, 11) is 0. The molecule has 82 valence electrons. The second kappa shape index (κ2) is 3.85. The quantitative estimate of drug-likeness (QED) is 0.807. The van der Waals surface area contributed by atoms with Gasteiger partial charge in [0, 0.05) is 12.6 Å². The molecule has 1 aromatic heterocycles. The molecule has 1 aromatic rings. The van der Waals surface area contributed by atoms with Crippen LogP contribution in [0.5, 0.6) is 0 Å². The Balaban J connectivity index is 1.68. The number of nitrogens with one attached hydrogen (secondary N) is 1. The van der Waals surface area contributed by atoms with Gasteiger partial charge in [0.25, 0.3) is 6.01 Å². The van der Waals surface area contributed by atoms with E-state index in [1.54, 1.807) is 12.5 Å². The highest BCUT2D eigenvalue weighted by Crippen LogP contribution is 2.31. The van der Waals surface area contributed by atoms with E-state index in [0.29, 0.717) is 6.04 Å². The van der Waals surface area contributed by atoms with Crippen molar-refractivity contribution in [1.82, 2.24) is 10.3 Å². The van der Waals surface area contributed by atoms with Crippen LogP contribution in [0.3, 0.4) is 0 Å². The molecule has 4 nitrogen and oxygen atoms in total. The van der Waals surface area contributed by atoms with Gasteiger partial charge in [0.05, 0.1) is 6.20 Å². The second-order valence-electron chi connectivity index (χ2n) is 4.56. The molecule has 0 aromatic carbocycles. The van der Waals surface area contributed by atoms with E-state index in [1.165, 1.54) is 19.3 Å². The number of rotatable bonds is 4. The minimum Gasteiger partial charge on any atom is -0.432 e. The van der Waals surface area contributed by atoms with Crippen molar-refractivity contribution >= 4 is 6.01 Å². The predicted octanol–water partition coefficient (Wildman–Crippen LogP) is 1.25. The maximum Gasteiger partial charge on any atom is 0.297 e. The first kappa shape index (κ1) is 9.21. The van der Waals surface area contributed by atoms with E-state index in [4.69, 9.17) is 4.42 Å². The van der Waals surface area contributed by atoms with Crippen LogP contribution in [0.15, 0.2) is 16.9 Å². The van der Waals surface area contributed by atoms with Gasteiger partial charge in [-0.15, -0.1) is 0 Å². The zero-order valence-corrected chi connectivity index (χ0v) is 8.85. The van der Waals surface area contributed by atoms with E-state index in [1.807, 2.05) is 0 Å². The van der Waals surface area contributed by atoms with Gasteiger partial charge in [0.1, 0.15) is 6.26 Å². The number of oxazole rings is 1. The predicted molar refractivity (Wildman–Crippen MR) is 57.8 cm³/mol. The van der Waals surface area contributed by atoms with E-state index in [9.17, 15) is 0 Å². The largest absolute Gasteiger partial charge is 0.432 e. The van der Waals surface area contributed by atoms with Crippen LogP contribution >= 0.6 is 0 Å². The van der Waals surface area contributed by atoms with Crippen LogP contribution < -0.4 is 10.2 Å². The molecule has 1 N–H and O–H groups in total. The minimum atomic E-state index is 0.684.